The largest absolute Gasteiger partial charge is 0.478 e. The van der Waals surface area contributed by atoms with Crippen LogP contribution in [0.3, 0.4) is 0 Å². The highest BCUT2D eigenvalue weighted by Crippen LogP contribution is 2.22. The number of carboxylic acids is 1. The number of carbonyl (C=O) groups is 1. The monoisotopic (exact) mass is 211 g/mol. The summed E-state index contributed by atoms with van der Waals surface area (Å²) in [5.74, 6) is -1.48. The minimum Gasteiger partial charge on any atom is -0.478 e. The third-order valence-electron chi connectivity index (χ3n) is 2.32. The van der Waals surface area contributed by atoms with Crippen molar-refractivity contribution in [2.45, 2.75) is 19.9 Å². The van der Waals surface area contributed by atoms with Crippen LogP contribution in [0.4, 0.5) is 4.39 Å². The van der Waals surface area contributed by atoms with Gasteiger partial charge in [0.25, 0.3) is 0 Å². The molecular weight excluding hydrogens is 197 g/mol. The molecule has 0 fully saturated rings. The van der Waals surface area contributed by atoms with Crippen molar-refractivity contribution < 1.29 is 14.3 Å². The molecule has 0 aromatic heterocycles. The molecule has 0 saturated heterocycles. The van der Waals surface area contributed by atoms with Gasteiger partial charge in [0.15, 0.2) is 0 Å². The van der Waals surface area contributed by atoms with E-state index in [1.165, 1.54) is 12.1 Å². The summed E-state index contributed by atoms with van der Waals surface area (Å²) in [6.07, 6.45) is 0. The first-order valence-electron chi connectivity index (χ1n) is 4.71. The molecule has 3 nitrogen and oxygen atoms in total. The molecule has 4 heteroatoms. The highest BCUT2D eigenvalue weighted by Gasteiger charge is 2.16. The van der Waals surface area contributed by atoms with Crippen LogP contribution in [0.2, 0.25) is 0 Å². The quantitative estimate of drug-likeness (QED) is 0.805. The Labute approximate surface area is 87.7 Å². The van der Waals surface area contributed by atoms with Gasteiger partial charge in [0.1, 0.15) is 5.82 Å². The summed E-state index contributed by atoms with van der Waals surface area (Å²) in [4.78, 5) is 10.7. The first-order chi connectivity index (χ1) is 6.93. The number of halogens is 1. The van der Waals surface area contributed by atoms with E-state index >= 15 is 0 Å². The molecule has 0 bridgehead atoms. The minimum absolute atomic E-state index is 0.0579. The van der Waals surface area contributed by atoms with Crippen molar-refractivity contribution in [3.05, 3.63) is 35.1 Å². The second kappa shape index (κ2) is 4.40. The Kier molecular flexibility index (Phi) is 3.42. The molecule has 0 aliphatic carbocycles. The SMILES string of the molecule is CC(C)[C@@H](N)c1cc(C(=O)O)ccc1F. The van der Waals surface area contributed by atoms with Crippen molar-refractivity contribution in [1.82, 2.24) is 0 Å². The number of hydrogen-bond donors (Lipinski definition) is 2. The Bertz CT molecular complexity index is 377. The third kappa shape index (κ3) is 2.53. The van der Waals surface area contributed by atoms with E-state index < -0.39 is 17.8 Å². The lowest BCUT2D eigenvalue weighted by Crippen LogP contribution is -2.18. The fraction of sp³-hybridized carbons (Fsp3) is 0.364. The van der Waals surface area contributed by atoms with Crippen molar-refractivity contribution >= 4 is 5.97 Å². The first-order valence-corrected chi connectivity index (χ1v) is 4.71. The number of rotatable bonds is 3. The van der Waals surface area contributed by atoms with Crippen LogP contribution in [0, 0.1) is 11.7 Å². The van der Waals surface area contributed by atoms with Crippen LogP contribution in [-0.2, 0) is 0 Å². The summed E-state index contributed by atoms with van der Waals surface area (Å²) in [7, 11) is 0. The Balaban J connectivity index is 3.16. The fourth-order valence-electron chi connectivity index (χ4n) is 1.29. The molecule has 1 aromatic rings. The zero-order valence-corrected chi connectivity index (χ0v) is 8.70. The molecular formula is C11H14FNO2. The maximum Gasteiger partial charge on any atom is 0.335 e. The number of hydrogen-bond acceptors (Lipinski definition) is 2. The number of benzene rings is 1. The van der Waals surface area contributed by atoms with E-state index in [0.717, 1.165) is 6.07 Å². The van der Waals surface area contributed by atoms with Crippen LogP contribution in [0.25, 0.3) is 0 Å². The van der Waals surface area contributed by atoms with E-state index in [4.69, 9.17) is 10.8 Å². The Morgan fingerprint density at radius 3 is 2.53 bits per heavy atom. The van der Waals surface area contributed by atoms with Crippen molar-refractivity contribution in [3.63, 3.8) is 0 Å². The molecule has 0 aliphatic rings. The predicted molar refractivity (Wildman–Crippen MR) is 55.1 cm³/mol. The molecule has 0 unspecified atom stereocenters. The van der Waals surface area contributed by atoms with Gasteiger partial charge >= 0.3 is 5.97 Å². The second-order valence-electron chi connectivity index (χ2n) is 3.81. The average Bonchev–Trinajstić information content (AvgIpc) is 2.16. The summed E-state index contributed by atoms with van der Waals surface area (Å²) in [5, 5.41) is 8.76. The van der Waals surface area contributed by atoms with Gasteiger partial charge in [-0.15, -0.1) is 0 Å². The molecule has 0 heterocycles. The van der Waals surface area contributed by atoms with Gasteiger partial charge in [0, 0.05) is 11.6 Å². The number of aromatic carboxylic acids is 1. The lowest BCUT2D eigenvalue weighted by Gasteiger charge is -2.17. The van der Waals surface area contributed by atoms with Crippen LogP contribution in [0.5, 0.6) is 0 Å². The number of nitrogens with two attached hydrogens (primary N) is 1. The molecule has 15 heavy (non-hydrogen) atoms. The Morgan fingerprint density at radius 2 is 2.07 bits per heavy atom. The number of carboxylic acid groups (broad SMARTS) is 1. The highest BCUT2D eigenvalue weighted by molar-refractivity contribution is 5.87. The van der Waals surface area contributed by atoms with Gasteiger partial charge in [-0.25, -0.2) is 9.18 Å². The standard InChI is InChI=1S/C11H14FNO2/c1-6(2)10(13)8-5-7(11(14)15)3-4-9(8)12/h3-6,10H,13H2,1-2H3,(H,14,15)/t10-/m1/s1. The summed E-state index contributed by atoms with van der Waals surface area (Å²) in [6.45, 7) is 3.72. The topological polar surface area (TPSA) is 63.3 Å². The van der Waals surface area contributed by atoms with E-state index in [1.807, 2.05) is 13.8 Å². The average molecular weight is 211 g/mol. The van der Waals surface area contributed by atoms with Gasteiger partial charge in [0.2, 0.25) is 0 Å². The molecule has 0 amide bonds. The first kappa shape index (κ1) is 11.7. The van der Waals surface area contributed by atoms with E-state index in [2.05, 4.69) is 0 Å². The third-order valence-corrected chi connectivity index (χ3v) is 2.32. The summed E-state index contributed by atoms with van der Waals surface area (Å²) in [6, 6.07) is 3.18. The lowest BCUT2D eigenvalue weighted by atomic mass is 9.95. The second-order valence-corrected chi connectivity index (χ2v) is 3.81. The van der Waals surface area contributed by atoms with Gasteiger partial charge in [-0.05, 0) is 24.1 Å². The van der Waals surface area contributed by atoms with E-state index in [1.54, 1.807) is 0 Å². The van der Waals surface area contributed by atoms with E-state index in [9.17, 15) is 9.18 Å². The van der Waals surface area contributed by atoms with Crippen LogP contribution in [-0.4, -0.2) is 11.1 Å². The van der Waals surface area contributed by atoms with E-state index in [0.29, 0.717) is 0 Å². The Morgan fingerprint density at radius 1 is 1.47 bits per heavy atom. The van der Waals surface area contributed by atoms with Crippen LogP contribution >= 0.6 is 0 Å². The van der Waals surface area contributed by atoms with Crippen LogP contribution < -0.4 is 5.73 Å². The Hall–Kier alpha value is -1.42. The predicted octanol–water partition coefficient (Wildman–Crippen LogP) is 2.18. The zero-order chi connectivity index (χ0) is 11.6. The summed E-state index contributed by atoms with van der Waals surface area (Å²) < 4.78 is 13.4. The van der Waals surface area contributed by atoms with Gasteiger partial charge < -0.3 is 10.8 Å². The zero-order valence-electron chi connectivity index (χ0n) is 8.70. The van der Waals surface area contributed by atoms with Gasteiger partial charge in [0.05, 0.1) is 5.56 Å². The van der Waals surface area contributed by atoms with Crippen molar-refractivity contribution in [3.8, 4) is 0 Å². The maximum absolute atomic E-state index is 13.4. The normalized spacial score (nSPS) is 12.9. The summed E-state index contributed by atoms with van der Waals surface area (Å²) in [5.41, 5.74) is 6.09. The molecule has 0 radical (unpaired) electrons. The smallest absolute Gasteiger partial charge is 0.335 e. The van der Waals surface area contributed by atoms with Gasteiger partial charge in [-0.2, -0.15) is 0 Å². The van der Waals surface area contributed by atoms with Crippen LogP contribution in [0.1, 0.15) is 35.8 Å². The molecule has 1 atom stereocenters. The maximum atomic E-state index is 13.4. The fourth-order valence-corrected chi connectivity index (χ4v) is 1.29. The molecule has 0 spiro atoms. The van der Waals surface area contributed by atoms with E-state index in [-0.39, 0.29) is 17.0 Å². The summed E-state index contributed by atoms with van der Waals surface area (Å²) >= 11 is 0. The highest BCUT2D eigenvalue weighted by atomic mass is 19.1. The molecule has 0 saturated carbocycles. The molecule has 1 aromatic carbocycles. The minimum atomic E-state index is -1.08. The lowest BCUT2D eigenvalue weighted by molar-refractivity contribution is 0.0696. The van der Waals surface area contributed by atoms with Crippen molar-refractivity contribution in [2.24, 2.45) is 11.7 Å². The molecule has 1 rings (SSSR count). The molecule has 82 valence electrons. The van der Waals surface area contributed by atoms with Gasteiger partial charge in [-0.1, -0.05) is 13.8 Å². The van der Waals surface area contributed by atoms with Crippen molar-refractivity contribution in [1.29, 1.82) is 0 Å². The van der Waals surface area contributed by atoms with Crippen LogP contribution in [0.15, 0.2) is 18.2 Å². The van der Waals surface area contributed by atoms with Crippen molar-refractivity contribution in [2.75, 3.05) is 0 Å². The molecule has 0 aliphatic heterocycles. The van der Waals surface area contributed by atoms with Gasteiger partial charge in [-0.3, -0.25) is 0 Å². The molecule has 3 N–H and O–H groups in total.